The van der Waals surface area contributed by atoms with Crippen LogP contribution in [0.2, 0.25) is 5.02 Å². The maximum atomic E-state index is 14.0. The Balaban J connectivity index is 1.64. The van der Waals surface area contributed by atoms with E-state index in [1.165, 1.54) is 35.6 Å². The molecule has 0 aliphatic heterocycles. The number of aryl methyl sites for hydroxylation is 1. The minimum Gasteiger partial charge on any atom is -0.478 e. The van der Waals surface area contributed by atoms with Crippen LogP contribution in [0.1, 0.15) is 51.3 Å². The highest BCUT2D eigenvalue weighted by Crippen LogP contribution is 2.38. The molecular formula is C29H25ClF3N5O4. The lowest BCUT2D eigenvalue weighted by molar-refractivity contribution is -0.138. The number of alkyl halides is 3. The van der Waals surface area contributed by atoms with Crippen molar-refractivity contribution < 1.29 is 32.6 Å². The average molecular weight is 600 g/mol. The van der Waals surface area contributed by atoms with E-state index in [1.54, 1.807) is 38.1 Å². The predicted molar refractivity (Wildman–Crippen MR) is 150 cm³/mol. The summed E-state index contributed by atoms with van der Waals surface area (Å²) in [6, 6.07) is 10.9. The van der Waals surface area contributed by atoms with E-state index in [1.807, 2.05) is 6.92 Å². The zero-order valence-electron chi connectivity index (χ0n) is 22.6. The lowest BCUT2D eigenvalue weighted by atomic mass is 10.1. The first-order chi connectivity index (χ1) is 19.8. The van der Waals surface area contributed by atoms with Gasteiger partial charge in [-0.2, -0.15) is 13.2 Å². The van der Waals surface area contributed by atoms with Gasteiger partial charge in [0.1, 0.15) is 11.3 Å². The van der Waals surface area contributed by atoms with Gasteiger partial charge in [0.05, 0.1) is 28.7 Å². The number of carboxylic acids is 1. The Hall–Kier alpha value is -4.71. The van der Waals surface area contributed by atoms with Crippen LogP contribution in [0.25, 0.3) is 0 Å². The van der Waals surface area contributed by atoms with E-state index >= 15 is 0 Å². The van der Waals surface area contributed by atoms with Gasteiger partial charge in [0, 0.05) is 24.3 Å². The van der Waals surface area contributed by atoms with Crippen molar-refractivity contribution in [2.75, 3.05) is 10.2 Å². The highest BCUT2D eigenvalue weighted by atomic mass is 35.5. The fraction of sp³-hybridized carbons (Fsp3) is 0.207. The van der Waals surface area contributed by atoms with Crippen molar-refractivity contribution in [1.29, 1.82) is 0 Å². The summed E-state index contributed by atoms with van der Waals surface area (Å²) in [6.45, 7) is 5.24. The SMILES string of the molecule is Cc1ccc(C(=O)N(c2ccc(Oc3ncc(CNc4ncc(Cl)cn4)cc3C(F)(F)F)cc2C(=O)O)C(C)C)cc1. The summed E-state index contributed by atoms with van der Waals surface area (Å²) in [5, 5.41) is 13.0. The van der Waals surface area contributed by atoms with Crippen LogP contribution in [0.5, 0.6) is 11.6 Å². The second-order valence-corrected chi connectivity index (χ2v) is 9.93. The predicted octanol–water partition coefficient (Wildman–Crippen LogP) is 7.01. The van der Waals surface area contributed by atoms with Crippen LogP contribution in [0, 0.1) is 6.92 Å². The third-order valence-electron chi connectivity index (χ3n) is 5.99. The molecule has 218 valence electrons. The van der Waals surface area contributed by atoms with Gasteiger partial charge in [-0.15, -0.1) is 0 Å². The van der Waals surface area contributed by atoms with Gasteiger partial charge < -0.3 is 20.1 Å². The van der Waals surface area contributed by atoms with Crippen molar-refractivity contribution in [2.45, 2.75) is 39.5 Å². The maximum Gasteiger partial charge on any atom is 0.421 e. The standard InChI is InChI=1S/C29H25ClF3N5O4/c1-16(2)38(26(39)19-6-4-17(3)5-7-19)24-9-8-21(11-22(24)27(40)41)42-25-23(29(31,32)33)10-18(12-34-25)13-35-28-36-14-20(30)15-37-28/h4-12,14-16H,13H2,1-3H3,(H,40,41)(H,35,36,37). The number of amides is 1. The van der Waals surface area contributed by atoms with Crippen molar-refractivity contribution in [3.05, 3.63) is 100.0 Å². The first-order valence-corrected chi connectivity index (χ1v) is 12.9. The molecule has 0 aliphatic rings. The molecular weight excluding hydrogens is 575 g/mol. The van der Waals surface area contributed by atoms with Gasteiger partial charge in [-0.1, -0.05) is 29.3 Å². The van der Waals surface area contributed by atoms with E-state index < -0.39 is 35.5 Å². The third-order valence-corrected chi connectivity index (χ3v) is 6.19. The van der Waals surface area contributed by atoms with E-state index in [9.17, 15) is 27.9 Å². The molecule has 0 bridgehead atoms. The zero-order chi connectivity index (χ0) is 30.6. The summed E-state index contributed by atoms with van der Waals surface area (Å²) in [6.07, 6.45) is -0.981. The van der Waals surface area contributed by atoms with Gasteiger partial charge in [0.2, 0.25) is 11.8 Å². The van der Waals surface area contributed by atoms with Crippen LogP contribution in [0.3, 0.4) is 0 Å². The molecule has 0 aliphatic carbocycles. The number of anilines is 2. The van der Waals surface area contributed by atoms with Crippen LogP contribution in [0.4, 0.5) is 24.8 Å². The van der Waals surface area contributed by atoms with E-state index in [-0.39, 0.29) is 35.1 Å². The second kappa shape index (κ2) is 12.4. The number of rotatable bonds is 9. The monoisotopic (exact) mass is 599 g/mol. The summed E-state index contributed by atoms with van der Waals surface area (Å²) in [5.74, 6) is -2.65. The molecule has 0 unspecified atom stereocenters. The van der Waals surface area contributed by atoms with Crippen molar-refractivity contribution in [3.63, 3.8) is 0 Å². The van der Waals surface area contributed by atoms with Gasteiger partial charge in [-0.25, -0.2) is 19.7 Å². The minimum atomic E-state index is -4.83. The number of halogens is 4. The molecule has 2 aromatic heterocycles. The molecule has 2 heterocycles. The topological polar surface area (TPSA) is 118 Å². The molecule has 4 aromatic rings. The highest BCUT2D eigenvalue weighted by Gasteiger charge is 2.36. The van der Waals surface area contributed by atoms with E-state index in [0.29, 0.717) is 10.6 Å². The summed E-state index contributed by atoms with van der Waals surface area (Å²) in [7, 11) is 0. The Bertz CT molecular complexity index is 1600. The lowest BCUT2D eigenvalue weighted by Gasteiger charge is -2.28. The van der Waals surface area contributed by atoms with Crippen LogP contribution >= 0.6 is 11.6 Å². The largest absolute Gasteiger partial charge is 0.478 e. The first kappa shape index (κ1) is 30.3. The molecule has 2 N–H and O–H groups in total. The van der Waals surface area contributed by atoms with E-state index in [4.69, 9.17) is 16.3 Å². The van der Waals surface area contributed by atoms with Gasteiger partial charge >= 0.3 is 12.1 Å². The van der Waals surface area contributed by atoms with Crippen LogP contribution < -0.4 is 15.0 Å². The number of carbonyl (C=O) groups is 2. The second-order valence-electron chi connectivity index (χ2n) is 9.49. The van der Waals surface area contributed by atoms with E-state index in [2.05, 4.69) is 20.3 Å². The van der Waals surface area contributed by atoms with Crippen molar-refractivity contribution in [2.24, 2.45) is 0 Å². The fourth-order valence-electron chi connectivity index (χ4n) is 3.99. The number of aromatic nitrogens is 3. The molecule has 4 rings (SSSR count). The number of ether oxygens (including phenoxy) is 1. The zero-order valence-corrected chi connectivity index (χ0v) is 23.4. The summed E-state index contributed by atoms with van der Waals surface area (Å²) in [4.78, 5) is 38.6. The molecule has 0 saturated carbocycles. The van der Waals surface area contributed by atoms with Crippen LogP contribution in [0.15, 0.2) is 67.1 Å². The molecule has 1 amide bonds. The summed E-state index contributed by atoms with van der Waals surface area (Å²) >= 11 is 5.74. The van der Waals surface area contributed by atoms with Gasteiger partial charge in [0.25, 0.3) is 5.91 Å². The Labute approximate surface area is 244 Å². The summed E-state index contributed by atoms with van der Waals surface area (Å²) < 4.78 is 47.3. The maximum absolute atomic E-state index is 14.0. The van der Waals surface area contributed by atoms with Gasteiger partial charge in [0.15, 0.2) is 0 Å². The number of aromatic carboxylic acids is 1. The number of hydrogen-bond donors (Lipinski definition) is 2. The number of benzene rings is 2. The third kappa shape index (κ3) is 7.13. The minimum absolute atomic E-state index is 0.0604. The number of carboxylic acid groups (broad SMARTS) is 1. The molecule has 0 fully saturated rings. The number of pyridine rings is 1. The Morgan fingerprint density at radius 2 is 1.69 bits per heavy atom. The van der Waals surface area contributed by atoms with Gasteiger partial charge in [-0.3, -0.25) is 4.79 Å². The molecule has 0 radical (unpaired) electrons. The molecule has 0 atom stereocenters. The first-order valence-electron chi connectivity index (χ1n) is 12.6. The quantitative estimate of drug-likeness (QED) is 0.211. The molecule has 0 spiro atoms. The van der Waals surface area contributed by atoms with Crippen molar-refractivity contribution in [3.8, 4) is 11.6 Å². The number of nitrogens with zero attached hydrogens (tertiary/aromatic N) is 4. The van der Waals surface area contributed by atoms with Crippen molar-refractivity contribution in [1.82, 2.24) is 15.0 Å². The molecule has 2 aromatic carbocycles. The smallest absolute Gasteiger partial charge is 0.421 e. The molecule has 13 heteroatoms. The Morgan fingerprint density at radius 1 is 1.02 bits per heavy atom. The van der Waals surface area contributed by atoms with E-state index in [0.717, 1.165) is 17.7 Å². The van der Waals surface area contributed by atoms with Crippen LogP contribution in [-0.2, 0) is 12.7 Å². The lowest BCUT2D eigenvalue weighted by Crippen LogP contribution is -2.38. The van der Waals surface area contributed by atoms with Crippen molar-refractivity contribution >= 4 is 35.1 Å². The highest BCUT2D eigenvalue weighted by molar-refractivity contribution is 6.30. The average Bonchev–Trinajstić information content (AvgIpc) is 2.93. The Kier molecular flexibility index (Phi) is 8.96. The normalized spacial score (nSPS) is 11.3. The fourth-order valence-corrected chi connectivity index (χ4v) is 4.09. The molecule has 42 heavy (non-hydrogen) atoms. The number of carbonyl (C=O) groups excluding carboxylic acids is 1. The van der Waals surface area contributed by atoms with Crippen LogP contribution in [-0.4, -0.2) is 38.0 Å². The Morgan fingerprint density at radius 3 is 2.29 bits per heavy atom. The number of hydrogen-bond acceptors (Lipinski definition) is 7. The molecule has 0 saturated heterocycles. The van der Waals surface area contributed by atoms with Gasteiger partial charge in [-0.05, 0) is 62.7 Å². The summed E-state index contributed by atoms with van der Waals surface area (Å²) in [5.41, 5.74) is 0.0173. The molecule has 9 nitrogen and oxygen atoms in total. The number of nitrogens with one attached hydrogen (secondary N) is 1.